The minimum atomic E-state index is 0.0296. The molecule has 0 fully saturated rings. The molecule has 0 atom stereocenters. The Hall–Kier alpha value is -0.940. The largest absolute Gasteiger partial charge is 0.394 e. The average Bonchev–Trinajstić information content (AvgIpc) is 2.17. The van der Waals surface area contributed by atoms with E-state index in [1.54, 1.807) is 19.0 Å². The number of rotatable bonds is 7. The molecule has 0 aliphatic carbocycles. The van der Waals surface area contributed by atoms with Crippen LogP contribution in [0.15, 0.2) is 4.99 Å². The maximum Gasteiger partial charge on any atom is 0.227 e. The van der Waals surface area contributed by atoms with Gasteiger partial charge in [-0.05, 0) is 6.92 Å². The van der Waals surface area contributed by atoms with Crippen molar-refractivity contribution in [1.29, 1.82) is 0 Å². The van der Waals surface area contributed by atoms with Gasteiger partial charge in [0.25, 0.3) is 0 Å². The Morgan fingerprint density at radius 2 is 2.07 bits per heavy atom. The van der Waals surface area contributed by atoms with Crippen molar-refractivity contribution in [3.05, 3.63) is 0 Å². The van der Waals surface area contributed by atoms with Crippen LogP contribution < -0.4 is 0 Å². The fourth-order valence-corrected chi connectivity index (χ4v) is 0.901. The third-order valence-electron chi connectivity index (χ3n) is 1.76. The van der Waals surface area contributed by atoms with Crippen LogP contribution in [0.25, 0.3) is 0 Å². The molecule has 0 aromatic carbocycles. The molecule has 5 heteroatoms. The van der Waals surface area contributed by atoms with Crippen molar-refractivity contribution in [3.8, 4) is 0 Å². The Labute approximate surface area is 90.7 Å². The zero-order valence-corrected chi connectivity index (χ0v) is 9.69. The molecule has 0 aliphatic rings. The molecule has 15 heavy (non-hydrogen) atoms. The van der Waals surface area contributed by atoms with Gasteiger partial charge in [0.1, 0.15) is 0 Å². The number of aliphatic hydroxyl groups is 1. The van der Waals surface area contributed by atoms with Crippen molar-refractivity contribution < 1.29 is 14.6 Å². The Bertz CT molecular complexity index is 215. The third kappa shape index (κ3) is 8.08. The number of hydrogen-bond donors (Lipinski definition) is 1. The molecule has 0 aromatic rings. The first-order valence-corrected chi connectivity index (χ1v) is 4.96. The smallest absolute Gasteiger partial charge is 0.227 e. The van der Waals surface area contributed by atoms with Gasteiger partial charge in [-0.3, -0.25) is 9.79 Å². The van der Waals surface area contributed by atoms with Crippen LogP contribution in [-0.2, 0) is 9.53 Å². The zero-order valence-electron chi connectivity index (χ0n) is 9.69. The quantitative estimate of drug-likeness (QED) is 0.479. The summed E-state index contributed by atoms with van der Waals surface area (Å²) >= 11 is 0. The summed E-state index contributed by atoms with van der Waals surface area (Å²) in [5.74, 6) is 0.0486. The van der Waals surface area contributed by atoms with Crippen LogP contribution >= 0.6 is 0 Å². The first-order valence-electron chi connectivity index (χ1n) is 4.96. The lowest BCUT2D eigenvalue weighted by Gasteiger charge is -2.09. The van der Waals surface area contributed by atoms with Gasteiger partial charge < -0.3 is 14.7 Å². The lowest BCUT2D eigenvalue weighted by atomic mass is 10.3. The Morgan fingerprint density at radius 1 is 1.40 bits per heavy atom. The van der Waals surface area contributed by atoms with Crippen molar-refractivity contribution in [3.63, 3.8) is 0 Å². The highest BCUT2D eigenvalue weighted by atomic mass is 16.5. The molecule has 0 bridgehead atoms. The van der Waals surface area contributed by atoms with Crippen LogP contribution in [0.4, 0.5) is 0 Å². The van der Waals surface area contributed by atoms with E-state index in [1.807, 2.05) is 6.92 Å². The standard InChI is InChI=1S/C10H20N2O3/c1-9(8-10(14)12(2)3)11-4-6-15-7-5-13/h13H,4-8H2,1-3H3. The predicted molar refractivity (Wildman–Crippen MR) is 59.2 cm³/mol. The van der Waals surface area contributed by atoms with E-state index in [1.165, 1.54) is 0 Å². The lowest BCUT2D eigenvalue weighted by molar-refractivity contribution is -0.127. The monoisotopic (exact) mass is 216 g/mol. The number of amides is 1. The van der Waals surface area contributed by atoms with E-state index in [9.17, 15) is 4.79 Å². The second-order valence-electron chi connectivity index (χ2n) is 3.42. The Morgan fingerprint density at radius 3 is 2.60 bits per heavy atom. The SMILES string of the molecule is CC(CC(=O)N(C)C)=NCCOCCO. The van der Waals surface area contributed by atoms with Crippen molar-refractivity contribution in [2.24, 2.45) is 4.99 Å². The second kappa shape index (κ2) is 8.38. The summed E-state index contributed by atoms with van der Waals surface area (Å²) in [6.07, 6.45) is 0.354. The van der Waals surface area contributed by atoms with Crippen molar-refractivity contribution >= 4 is 11.6 Å². The predicted octanol–water partition coefficient (Wildman–Crippen LogP) is -0.0655. The Kier molecular flexibility index (Phi) is 7.85. The summed E-state index contributed by atoms with van der Waals surface area (Å²) in [7, 11) is 3.44. The Balaban J connectivity index is 3.65. The zero-order chi connectivity index (χ0) is 11.7. The van der Waals surface area contributed by atoms with Crippen molar-refractivity contribution in [1.82, 2.24) is 4.90 Å². The minimum absolute atomic E-state index is 0.0296. The van der Waals surface area contributed by atoms with E-state index in [-0.39, 0.29) is 12.5 Å². The summed E-state index contributed by atoms with van der Waals surface area (Å²) in [4.78, 5) is 17.0. The van der Waals surface area contributed by atoms with Gasteiger partial charge >= 0.3 is 0 Å². The van der Waals surface area contributed by atoms with Crippen LogP contribution in [0.1, 0.15) is 13.3 Å². The number of ether oxygens (including phenoxy) is 1. The molecule has 1 amide bonds. The van der Waals surface area contributed by atoms with Crippen LogP contribution in [0, 0.1) is 0 Å². The van der Waals surface area contributed by atoms with E-state index in [2.05, 4.69) is 4.99 Å². The van der Waals surface area contributed by atoms with Gasteiger partial charge in [0, 0.05) is 19.8 Å². The molecule has 0 rings (SSSR count). The van der Waals surface area contributed by atoms with Gasteiger partial charge in [0.05, 0.1) is 32.8 Å². The van der Waals surface area contributed by atoms with Gasteiger partial charge in [0.2, 0.25) is 5.91 Å². The molecule has 1 N–H and O–H groups in total. The maximum atomic E-state index is 11.3. The van der Waals surface area contributed by atoms with Crippen LogP contribution in [0.3, 0.4) is 0 Å². The van der Waals surface area contributed by atoms with E-state index >= 15 is 0 Å². The fraction of sp³-hybridized carbons (Fsp3) is 0.800. The van der Waals surface area contributed by atoms with E-state index in [0.29, 0.717) is 26.2 Å². The average molecular weight is 216 g/mol. The molecule has 5 nitrogen and oxygen atoms in total. The van der Waals surface area contributed by atoms with Crippen molar-refractivity contribution in [2.75, 3.05) is 40.5 Å². The van der Waals surface area contributed by atoms with E-state index in [0.717, 1.165) is 5.71 Å². The van der Waals surface area contributed by atoms with Gasteiger partial charge in [-0.15, -0.1) is 0 Å². The molecule has 0 radical (unpaired) electrons. The summed E-state index contributed by atoms with van der Waals surface area (Å²) in [5, 5.41) is 8.44. The number of nitrogens with zero attached hydrogens (tertiary/aromatic N) is 2. The van der Waals surface area contributed by atoms with Crippen LogP contribution in [-0.4, -0.2) is 62.1 Å². The summed E-state index contributed by atoms with van der Waals surface area (Å²) in [6.45, 7) is 3.21. The van der Waals surface area contributed by atoms with Gasteiger partial charge in [-0.25, -0.2) is 0 Å². The molecule has 0 heterocycles. The first kappa shape index (κ1) is 14.1. The number of aliphatic imine (C=N–C) groups is 1. The van der Waals surface area contributed by atoms with Gasteiger partial charge in [0.15, 0.2) is 0 Å². The fourth-order valence-electron chi connectivity index (χ4n) is 0.901. The van der Waals surface area contributed by atoms with E-state index in [4.69, 9.17) is 9.84 Å². The molecular formula is C10H20N2O3. The third-order valence-corrected chi connectivity index (χ3v) is 1.76. The maximum absolute atomic E-state index is 11.3. The van der Waals surface area contributed by atoms with Gasteiger partial charge in [-0.1, -0.05) is 0 Å². The van der Waals surface area contributed by atoms with E-state index < -0.39 is 0 Å². The summed E-state index contributed by atoms with van der Waals surface area (Å²) in [6, 6.07) is 0. The summed E-state index contributed by atoms with van der Waals surface area (Å²) in [5.41, 5.74) is 0.807. The molecule has 0 saturated heterocycles. The first-order chi connectivity index (χ1) is 7.07. The normalized spacial score (nSPS) is 11.6. The number of aliphatic hydroxyl groups excluding tert-OH is 1. The molecule has 0 aliphatic heterocycles. The highest BCUT2D eigenvalue weighted by Gasteiger charge is 2.04. The van der Waals surface area contributed by atoms with Gasteiger partial charge in [-0.2, -0.15) is 0 Å². The van der Waals surface area contributed by atoms with Crippen molar-refractivity contribution in [2.45, 2.75) is 13.3 Å². The highest BCUT2D eigenvalue weighted by Crippen LogP contribution is 1.91. The van der Waals surface area contributed by atoms with Crippen LogP contribution in [0.5, 0.6) is 0 Å². The molecule has 0 unspecified atom stereocenters. The molecular weight excluding hydrogens is 196 g/mol. The number of hydrogen-bond acceptors (Lipinski definition) is 4. The molecule has 0 spiro atoms. The summed E-state index contributed by atoms with van der Waals surface area (Å²) < 4.78 is 5.03. The minimum Gasteiger partial charge on any atom is -0.394 e. The highest BCUT2D eigenvalue weighted by molar-refractivity contribution is 5.99. The molecule has 0 saturated carbocycles. The second-order valence-corrected chi connectivity index (χ2v) is 3.42. The number of carbonyl (C=O) groups excluding carboxylic acids is 1. The molecule has 0 aromatic heterocycles. The van der Waals surface area contributed by atoms with Crippen LogP contribution in [0.2, 0.25) is 0 Å². The topological polar surface area (TPSA) is 62.1 Å². The number of carbonyl (C=O) groups is 1. The molecule has 88 valence electrons. The lowest BCUT2D eigenvalue weighted by Crippen LogP contribution is -2.23.